The normalized spacial score (nSPS) is 12.6. The molecule has 0 spiro atoms. The highest BCUT2D eigenvalue weighted by Gasteiger charge is 2.36. The average Bonchev–Trinajstić information content (AvgIpc) is 2.22. The van der Waals surface area contributed by atoms with E-state index in [9.17, 15) is 4.79 Å². The Morgan fingerprint density at radius 3 is 2.18 bits per heavy atom. The zero-order chi connectivity index (χ0) is 13.5. The number of hydrogen-bond donors (Lipinski definition) is 0. The molecule has 102 valence electrons. The fourth-order valence-corrected chi connectivity index (χ4v) is 1.92. The smallest absolute Gasteiger partial charge is 0.311 e. The van der Waals surface area contributed by atoms with Crippen molar-refractivity contribution >= 4 is 5.97 Å². The van der Waals surface area contributed by atoms with E-state index >= 15 is 0 Å². The van der Waals surface area contributed by atoms with Gasteiger partial charge in [0.05, 0.1) is 17.6 Å². The molecule has 0 aliphatic rings. The van der Waals surface area contributed by atoms with Crippen LogP contribution in [0.5, 0.6) is 0 Å². The topological polar surface area (TPSA) is 35.5 Å². The van der Waals surface area contributed by atoms with Gasteiger partial charge in [0.1, 0.15) is 0 Å². The zero-order valence-electron chi connectivity index (χ0n) is 12.3. The highest BCUT2D eigenvalue weighted by Crippen LogP contribution is 2.31. The van der Waals surface area contributed by atoms with Crippen LogP contribution in [0.25, 0.3) is 0 Å². The van der Waals surface area contributed by atoms with Gasteiger partial charge >= 0.3 is 5.97 Å². The van der Waals surface area contributed by atoms with Crippen molar-refractivity contribution in [3.63, 3.8) is 0 Å². The third-order valence-corrected chi connectivity index (χ3v) is 2.95. The van der Waals surface area contributed by atoms with E-state index in [1.54, 1.807) is 7.11 Å². The lowest BCUT2D eigenvalue weighted by Crippen LogP contribution is -2.36. The second kappa shape index (κ2) is 7.00. The van der Waals surface area contributed by atoms with Gasteiger partial charge in [-0.15, -0.1) is 0 Å². The van der Waals surface area contributed by atoms with Crippen molar-refractivity contribution in [3.8, 4) is 0 Å². The Bertz CT molecular complexity index is 232. The molecule has 0 aliphatic carbocycles. The van der Waals surface area contributed by atoms with Gasteiger partial charge in [-0.1, -0.05) is 19.8 Å². The Kier molecular flexibility index (Phi) is 6.76. The predicted octanol–water partition coefficient (Wildman–Crippen LogP) is 3.56. The Hall–Kier alpha value is -0.570. The summed E-state index contributed by atoms with van der Waals surface area (Å²) in [5, 5.41) is 0. The van der Waals surface area contributed by atoms with E-state index in [-0.39, 0.29) is 11.6 Å². The molecule has 3 nitrogen and oxygen atoms in total. The second-order valence-corrected chi connectivity index (χ2v) is 5.87. The lowest BCUT2D eigenvalue weighted by molar-refractivity contribution is -0.158. The van der Waals surface area contributed by atoms with Crippen LogP contribution >= 0.6 is 0 Å². The third kappa shape index (κ3) is 6.67. The first-order valence-corrected chi connectivity index (χ1v) is 6.47. The molecule has 0 N–H and O–H groups in total. The first kappa shape index (κ1) is 16.4. The highest BCUT2D eigenvalue weighted by molar-refractivity contribution is 5.76. The summed E-state index contributed by atoms with van der Waals surface area (Å²) in [5.41, 5.74) is -0.794. The van der Waals surface area contributed by atoms with Crippen LogP contribution in [0.15, 0.2) is 0 Å². The van der Waals surface area contributed by atoms with Gasteiger partial charge in [-0.25, -0.2) is 0 Å². The first-order chi connectivity index (χ1) is 7.75. The van der Waals surface area contributed by atoms with Crippen molar-refractivity contribution in [2.75, 3.05) is 13.7 Å². The molecule has 0 heterocycles. The fraction of sp³-hybridized carbons (Fsp3) is 0.929. The maximum absolute atomic E-state index is 11.9. The molecule has 0 aromatic heterocycles. The van der Waals surface area contributed by atoms with Gasteiger partial charge in [-0.2, -0.15) is 0 Å². The molecule has 0 saturated heterocycles. The van der Waals surface area contributed by atoms with Gasteiger partial charge in [0.15, 0.2) is 0 Å². The zero-order valence-corrected chi connectivity index (χ0v) is 12.3. The maximum Gasteiger partial charge on any atom is 0.311 e. The standard InChI is InChI=1S/C14H28O3/c1-7-8-9-10-17-12(15)13(2,3)11-14(4,5)16-6/h7-11H2,1-6H3. The molecule has 0 radical (unpaired) electrons. The monoisotopic (exact) mass is 244 g/mol. The van der Waals surface area contributed by atoms with Crippen LogP contribution in [-0.2, 0) is 14.3 Å². The number of esters is 1. The number of rotatable bonds is 8. The molecule has 0 fully saturated rings. The van der Waals surface area contributed by atoms with E-state index in [2.05, 4.69) is 6.92 Å². The van der Waals surface area contributed by atoms with Crippen LogP contribution in [0, 0.1) is 5.41 Å². The number of unbranched alkanes of at least 4 members (excludes halogenated alkanes) is 2. The van der Waals surface area contributed by atoms with Gasteiger partial charge in [-0.05, 0) is 40.5 Å². The molecule has 0 saturated carbocycles. The molecule has 0 rings (SSSR count). The summed E-state index contributed by atoms with van der Waals surface area (Å²) in [6, 6.07) is 0. The van der Waals surface area contributed by atoms with Crippen molar-refractivity contribution < 1.29 is 14.3 Å². The Morgan fingerprint density at radius 2 is 1.71 bits per heavy atom. The number of carbonyl (C=O) groups excluding carboxylic acids is 1. The van der Waals surface area contributed by atoms with Crippen molar-refractivity contribution in [1.82, 2.24) is 0 Å². The minimum absolute atomic E-state index is 0.126. The third-order valence-electron chi connectivity index (χ3n) is 2.95. The quantitative estimate of drug-likeness (QED) is 0.484. The van der Waals surface area contributed by atoms with E-state index in [0.29, 0.717) is 13.0 Å². The van der Waals surface area contributed by atoms with E-state index in [1.807, 2.05) is 27.7 Å². The summed E-state index contributed by atoms with van der Waals surface area (Å²) >= 11 is 0. The Morgan fingerprint density at radius 1 is 1.12 bits per heavy atom. The fourth-order valence-electron chi connectivity index (χ4n) is 1.92. The molecule has 0 unspecified atom stereocenters. The molecule has 0 aromatic rings. The van der Waals surface area contributed by atoms with Crippen LogP contribution in [0.4, 0.5) is 0 Å². The van der Waals surface area contributed by atoms with Gasteiger partial charge in [-0.3, -0.25) is 4.79 Å². The largest absolute Gasteiger partial charge is 0.465 e. The van der Waals surface area contributed by atoms with Gasteiger partial charge in [0.25, 0.3) is 0 Å². The minimum atomic E-state index is -0.494. The van der Waals surface area contributed by atoms with Crippen LogP contribution in [0.2, 0.25) is 0 Å². The van der Waals surface area contributed by atoms with Crippen molar-refractivity contribution in [1.29, 1.82) is 0 Å². The molecule has 0 atom stereocenters. The SMILES string of the molecule is CCCCCOC(=O)C(C)(C)CC(C)(C)OC. The molecule has 0 amide bonds. The van der Waals surface area contributed by atoms with Gasteiger partial charge < -0.3 is 9.47 Å². The number of ether oxygens (including phenoxy) is 2. The van der Waals surface area contributed by atoms with Crippen LogP contribution in [0.1, 0.15) is 60.3 Å². The summed E-state index contributed by atoms with van der Waals surface area (Å²) in [6.07, 6.45) is 3.85. The van der Waals surface area contributed by atoms with Gasteiger partial charge in [0.2, 0.25) is 0 Å². The summed E-state index contributed by atoms with van der Waals surface area (Å²) in [6.45, 7) is 10.5. The van der Waals surface area contributed by atoms with Crippen LogP contribution in [-0.4, -0.2) is 25.3 Å². The van der Waals surface area contributed by atoms with E-state index in [0.717, 1.165) is 19.3 Å². The predicted molar refractivity (Wildman–Crippen MR) is 70.0 cm³/mol. The van der Waals surface area contributed by atoms with E-state index < -0.39 is 5.41 Å². The molecular weight excluding hydrogens is 216 g/mol. The average molecular weight is 244 g/mol. The van der Waals surface area contributed by atoms with Crippen molar-refractivity contribution in [2.45, 2.75) is 65.9 Å². The lowest BCUT2D eigenvalue weighted by atomic mass is 9.82. The van der Waals surface area contributed by atoms with Crippen molar-refractivity contribution in [2.24, 2.45) is 5.41 Å². The van der Waals surface area contributed by atoms with Gasteiger partial charge in [0, 0.05) is 7.11 Å². The first-order valence-electron chi connectivity index (χ1n) is 6.47. The Labute approximate surface area is 106 Å². The minimum Gasteiger partial charge on any atom is -0.465 e. The number of hydrogen-bond acceptors (Lipinski definition) is 3. The Balaban J connectivity index is 4.16. The molecule has 17 heavy (non-hydrogen) atoms. The second-order valence-electron chi connectivity index (χ2n) is 5.87. The summed E-state index contributed by atoms with van der Waals surface area (Å²) in [5.74, 6) is -0.126. The van der Waals surface area contributed by atoms with Crippen LogP contribution in [0.3, 0.4) is 0 Å². The maximum atomic E-state index is 11.9. The molecule has 0 aliphatic heterocycles. The van der Waals surface area contributed by atoms with Crippen molar-refractivity contribution in [3.05, 3.63) is 0 Å². The summed E-state index contributed by atoms with van der Waals surface area (Å²) in [4.78, 5) is 11.9. The van der Waals surface area contributed by atoms with E-state index in [1.165, 1.54) is 0 Å². The molecule has 0 aromatic carbocycles. The molecule has 0 bridgehead atoms. The molecule has 3 heteroatoms. The van der Waals surface area contributed by atoms with E-state index in [4.69, 9.17) is 9.47 Å². The summed E-state index contributed by atoms with van der Waals surface area (Å²) < 4.78 is 10.7. The summed E-state index contributed by atoms with van der Waals surface area (Å²) in [7, 11) is 1.67. The number of methoxy groups -OCH3 is 1. The highest BCUT2D eigenvalue weighted by atomic mass is 16.5. The molecular formula is C14H28O3. The lowest BCUT2D eigenvalue weighted by Gasteiger charge is -2.32. The number of carbonyl (C=O) groups is 1. The van der Waals surface area contributed by atoms with Crippen LogP contribution < -0.4 is 0 Å².